The molecule has 8 nitrogen and oxygen atoms in total. The van der Waals surface area contributed by atoms with Gasteiger partial charge in [-0.3, -0.25) is 17.9 Å². The fourth-order valence-electron chi connectivity index (χ4n) is 9.87. The first-order valence-corrected chi connectivity index (χ1v) is 23.2. The molecular weight excluding hydrogens is 789 g/mol. The summed E-state index contributed by atoms with van der Waals surface area (Å²) in [4.78, 5) is 21.3. The minimum Gasteiger partial charge on any atom is -0.276 e. The van der Waals surface area contributed by atoms with Gasteiger partial charge in [-0.1, -0.05) is 164 Å². The molecule has 0 fully saturated rings. The van der Waals surface area contributed by atoms with Gasteiger partial charge in [0.1, 0.15) is 11.6 Å². The van der Waals surface area contributed by atoms with Crippen LogP contribution in [0.25, 0.3) is 78.7 Å². The molecule has 0 amide bonds. The molecule has 0 saturated heterocycles. The van der Waals surface area contributed by atoms with Crippen LogP contribution in [0.3, 0.4) is 0 Å². The van der Waals surface area contributed by atoms with Gasteiger partial charge in [-0.25, -0.2) is 19.9 Å². The Balaban J connectivity index is 1.10. The molecule has 0 unspecified atom stereocenters. The van der Waals surface area contributed by atoms with E-state index in [1.54, 1.807) is 0 Å². The van der Waals surface area contributed by atoms with Crippen molar-refractivity contribution in [2.24, 2.45) is 0 Å². The normalized spacial score (nSPS) is 12.1. The molecular formula is C54H36N8Si. The average molecular weight is 825 g/mol. The Bertz CT molecular complexity index is 3760. The van der Waals surface area contributed by atoms with E-state index in [1.807, 2.05) is 24.3 Å². The van der Waals surface area contributed by atoms with Gasteiger partial charge in [0.15, 0.2) is 13.9 Å². The first-order valence-electron chi connectivity index (χ1n) is 21.2. The SMILES string of the molecule is c1ccc(-c2nc(-n3c4ccccc4n4c5ccccc5nc34)cc(-n3c4ccccc4n4c5cc([Si](c6ccccc6)(c6ccccc6)c6ccccc6)ccc5nc34)n2)cc1. The highest BCUT2D eigenvalue weighted by Crippen LogP contribution is 2.33. The van der Waals surface area contributed by atoms with Crippen LogP contribution in [-0.4, -0.2) is 45.9 Å². The van der Waals surface area contributed by atoms with Crippen LogP contribution >= 0.6 is 0 Å². The Hall–Kier alpha value is -8.40. The molecule has 9 heteroatoms. The Morgan fingerprint density at radius 1 is 0.302 bits per heavy atom. The Kier molecular flexibility index (Phi) is 7.75. The molecule has 63 heavy (non-hydrogen) atoms. The van der Waals surface area contributed by atoms with Crippen molar-refractivity contribution in [1.82, 2.24) is 37.9 Å². The van der Waals surface area contributed by atoms with E-state index < -0.39 is 8.07 Å². The molecule has 13 aromatic rings. The number of rotatable bonds is 7. The van der Waals surface area contributed by atoms with Gasteiger partial charge in [0.05, 0.1) is 44.1 Å². The van der Waals surface area contributed by atoms with Crippen molar-refractivity contribution < 1.29 is 0 Å². The van der Waals surface area contributed by atoms with Gasteiger partial charge in [0.25, 0.3) is 0 Å². The summed E-state index contributed by atoms with van der Waals surface area (Å²) in [6.45, 7) is 0. The highest BCUT2D eigenvalue weighted by Gasteiger charge is 2.41. The second-order valence-corrected chi connectivity index (χ2v) is 19.8. The monoisotopic (exact) mass is 824 g/mol. The largest absolute Gasteiger partial charge is 0.276 e. The topological polar surface area (TPSA) is 70.2 Å². The molecule has 0 N–H and O–H groups in total. The summed E-state index contributed by atoms with van der Waals surface area (Å²) in [5.41, 5.74) is 8.89. The van der Waals surface area contributed by atoms with Crippen LogP contribution in [0.5, 0.6) is 0 Å². The van der Waals surface area contributed by atoms with Gasteiger partial charge in [0.2, 0.25) is 11.6 Å². The third-order valence-electron chi connectivity index (χ3n) is 12.5. The lowest BCUT2D eigenvalue weighted by Crippen LogP contribution is -2.74. The Morgan fingerprint density at radius 2 is 0.714 bits per heavy atom. The highest BCUT2D eigenvalue weighted by atomic mass is 28.3. The van der Waals surface area contributed by atoms with E-state index in [0.717, 1.165) is 61.3 Å². The molecule has 13 rings (SSSR count). The van der Waals surface area contributed by atoms with Gasteiger partial charge >= 0.3 is 0 Å². The Morgan fingerprint density at radius 3 is 1.24 bits per heavy atom. The van der Waals surface area contributed by atoms with Crippen LogP contribution in [0.4, 0.5) is 0 Å². The molecule has 8 aromatic carbocycles. The third-order valence-corrected chi connectivity index (χ3v) is 17.3. The Labute approximate surface area is 362 Å². The smallest absolute Gasteiger partial charge is 0.221 e. The maximum absolute atomic E-state index is 5.45. The predicted octanol–water partition coefficient (Wildman–Crippen LogP) is 9.01. The number of benzene rings is 8. The molecule has 296 valence electrons. The molecule has 0 spiro atoms. The predicted molar refractivity (Wildman–Crippen MR) is 257 cm³/mol. The van der Waals surface area contributed by atoms with E-state index in [2.05, 4.69) is 212 Å². The summed E-state index contributed by atoms with van der Waals surface area (Å²) < 4.78 is 8.88. The zero-order valence-electron chi connectivity index (χ0n) is 33.9. The number of fused-ring (bicyclic) bond motifs is 10. The summed E-state index contributed by atoms with van der Waals surface area (Å²) in [6.07, 6.45) is 0. The van der Waals surface area contributed by atoms with Crippen molar-refractivity contribution in [2.75, 3.05) is 0 Å². The molecule has 5 aromatic heterocycles. The first-order chi connectivity index (χ1) is 31.3. The van der Waals surface area contributed by atoms with Crippen molar-refractivity contribution in [3.8, 4) is 23.0 Å². The fourth-order valence-corrected chi connectivity index (χ4v) is 14.6. The maximum Gasteiger partial charge on any atom is 0.221 e. The number of aromatic nitrogens is 8. The minimum atomic E-state index is -2.82. The van der Waals surface area contributed by atoms with Crippen LogP contribution in [-0.2, 0) is 0 Å². The second-order valence-electron chi connectivity index (χ2n) is 16.0. The van der Waals surface area contributed by atoms with E-state index in [0.29, 0.717) is 17.5 Å². The number of imidazole rings is 4. The van der Waals surface area contributed by atoms with Crippen molar-refractivity contribution in [3.05, 3.63) is 218 Å². The summed E-state index contributed by atoms with van der Waals surface area (Å²) in [5.74, 6) is 3.57. The van der Waals surface area contributed by atoms with Crippen LogP contribution in [0.15, 0.2) is 218 Å². The summed E-state index contributed by atoms with van der Waals surface area (Å²) >= 11 is 0. The quantitative estimate of drug-likeness (QED) is 0.119. The molecule has 0 aliphatic heterocycles. The lowest BCUT2D eigenvalue weighted by molar-refractivity contribution is 0.970. The standard InChI is InChI=1S/C54H36N8Si/c1-5-19-37(20-6-1)52-57-50(61-47-31-17-15-29-45(47)59-44-28-14-13-27-42(44)55-53(59)61)36-51(58-52)62-48-32-18-16-30-46(48)60-49-35-41(33-34-43(49)56-54(60)62)63(38-21-7-2-8-22-38,39-23-9-3-10-24-39)40-25-11-4-12-26-40/h1-36H. The van der Waals surface area contributed by atoms with Crippen molar-refractivity contribution in [2.45, 2.75) is 0 Å². The molecule has 0 bridgehead atoms. The number of hydrogen-bond donors (Lipinski definition) is 0. The zero-order valence-corrected chi connectivity index (χ0v) is 34.9. The molecule has 0 radical (unpaired) electrons. The average Bonchev–Trinajstić information content (AvgIpc) is 4.09. The van der Waals surface area contributed by atoms with Crippen LogP contribution in [0.1, 0.15) is 0 Å². The zero-order chi connectivity index (χ0) is 41.5. The van der Waals surface area contributed by atoms with Crippen LogP contribution < -0.4 is 20.7 Å². The van der Waals surface area contributed by atoms with E-state index in [9.17, 15) is 0 Å². The van der Waals surface area contributed by atoms with Crippen molar-refractivity contribution >= 4 is 84.5 Å². The van der Waals surface area contributed by atoms with Crippen molar-refractivity contribution in [1.29, 1.82) is 0 Å². The molecule has 0 aliphatic carbocycles. The van der Waals surface area contributed by atoms with E-state index >= 15 is 0 Å². The van der Waals surface area contributed by atoms with E-state index in [-0.39, 0.29) is 0 Å². The molecule has 0 atom stereocenters. The summed E-state index contributed by atoms with van der Waals surface area (Å²) in [6, 6.07) is 77.6. The fraction of sp³-hybridized carbons (Fsp3) is 0. The van der Waals surface area contributed by atoms with E-state index in [4.69, 9.17) is 19.9 Å². The molecule has 0 saturated carbocycles. The first kappa shape index (κ1) is 35.4. The molecule has 5 heterocycles. The lowest BCUT2D eigenvalue weighted by Gasteiger charge is -2.34. The minimum absolute atomic E-state index is 0.605. The third kappa shape index (κ3) is 5.20. The lowest BCUT2D eigenvalue weighted by atomic mass is 10.2. The van der Waals surface area contributed by atoms with Crippen LogP contribution in [0.2, 0.25) is 0 Å². The van der Waals surface area contributed by atoms with Gasteiger partial charge in [-0.05, 0) is 69.3 Å². The van der Waals surface area contributed by atoms with Crippen LogP contribution in [0, 0.1) is 0 Å². The number of nitrogens with zero attached hydrogens (tertiary/aromatic N) is 8. The number of hydrogen-bond acceptors (Lipinski definition) is 4. The maximum atomic E-state index is 5.45. The van der Waals surface area contributed by atoms with Gasteiger partial charge in [-0.15, -0.1) is 0 Å². The van der Waals surface area contributed by atoms with Gasteiger partial charge < -0.3 is 0 Å². The van der Waals surface area contributed by atoms with E-state index in [1.165, 1.54) is 20.7 Å². The second kappa shape index (κ2) is 13.8. The van der Waals surface area contributed by atoms with Crippen molar-refractivity contribution in [3.63, 3.8) is 0 Å². The summed E-state index contributed by atoms with van der Waals surface area (Å²) in [5, 5.41) is 5.25. The van der Waals surface area contributed by atoms with Gasteiger partial charge in [-0.2, -0.15) is 0 Å². The number of para-hydroxylation sites is 6. The molecule has 0 aliphatic rings. The van der Waals surface area contributed by atoms with Gasteiger partial charge in [0, 0.05) is 11.6 Å². The summed E-state index contributed by atoms with van der Waals surface area (Å²) in [7, 11) is -2.82. The highest BCUT2D eigenvalue weighted by molar-refractivity contribution is 7.20.